The molecule has 14 heavy (non-hydrogen) atoms. The second kappa shape index (κ2) is 3.35. The van der Waals surface area contributed by atoms with Gasteiger partial charge in [0.2, 0.25) is 0 Å². The first-order chi connectivity index (χ1) is 6.48. The molecular weight excluding hydrogens is 252 g/mol. The van der Waals surface area contributed by atoms with E-state index in [0.29, 0.717) is 5.54 Å². The van der Waals surface area contributed by atoms with Gasteiger partial charge in [0.15, 0.2) is 0 Å². The van der Waals surface area contributed by atoms with Gasteiger partial charge in [0, 0.05) is 4.47 Å². The van der Waals surface area contributed by atoms with Gasteiger partial charge in [-0.25, -0.2) is 0 Å². The summed E-state index contributed by atoms with van der Waals surface area (Å²) < 4.78 is 1.18. The highest BCUT2D eigenvalue weighted by atomic mass is 79.9. The molecule has 0 saturated carbocycles. The molecule has 0 aromatic heterocycles. The van der Waals surface area contributed by atoms with Crippen LogP contribution in [0, 0.1) is 0 Å². The maximum absolute atomic E-state index is 3.51. The molecule has 0 radical (unpaired) electrons. The number of rotatable bonds is 1. The summed E-state index contributed by atoms with van der Waals surface area (Å²) in [6.07, 6.45) is 4.65. The molecule has 0 nitrogen and oxygen atoms in total. The Morgan fingerprint density at radius 3 is 2.57 bits per heavy atom. The molecule has 0 fully saturated rings. The van der Waals surface area contributed by atoms with Gasteiger partial charge in [-0.1, -0.05) is 53.8 Å². The van der Waals surface area contributed by atoms with Crippen LogP contribution in [0.25, 0.3) is 6.08 Å². The van der Waals surface area contributed by atoms with Crippen LogP contribution in [0.3, 0.4) is 0 Å². The fraction of sp³-hybridized carbons (Fsp3) is 0.333. The first kappa shape index (κ1) is 10.2. The molecule has 0 bridgehead atoms. The molecule has 0 aliphatic heterocycles. The van der Waals surface area contributed by atoms with Crippen molar-refractivity contribution in [3.05, 3.63) is 39.9 Å². The maximum atomic E-state index is 3.51. The lowest BCUT2D eigenvalue weighted by Crippen LogP contribution is -2.28. The first-order valence-electron chi connectivity index (χ1n) is 4.96. The number of hydrogen-bond donors (Lipinski definition) is 0. The van der Waals surface area contributed by atoms with E-state index in [-0.39, 0.29) is 0 Å². The molecule has 0 saturated heterocycles. The predicted octanol–water partition coefficient (Wildman–Crippen LogP) is 4.44. The van der Waals surface area contributed by atoms with Crippen molar-refractivity contribution in [3.8, 4) is 0 Å². The van der Waals surface area contributed by atoms with Crippen molar-refractivity contribution in [2.45, 2.75) is 25.2 Å². The summed E-state index contributed by atoms with van der Waals surface area (Å²) in [7, 11) is -1.09. The summed E-state index contributed by atoms with van der Waals surface area (Å²) in [6.45, 7) is 7.29. The van der Waals surface area contributed by atoms with E-state index in [1.165, 1.54) is 15.6 Å². The Hall–Kier alpha value is -0.343. The maximum Gasteiger partial charge on any atom is 0.0566 e. The minimum atomic E-state index is -1.09. The molecule has 74 valence electrons. The molecule has 1 aromatic rings. The summed E-state index contributed by atoms with van der Waals surface area (Å²) in [6, 6.07) is 6.63. The zero-order valence-electron chi connectivity index (χ0n) is 8.84. The largest absolute Gasteiger partial charge is 0.0791 e. The van der Waals surface area contributed by atoms with E-state index in [4.69, 9.17) is 0 Å². The van der Waals surface area contributed by atoms with E-state index in [0.717, 1.165) is 0 Å². The smallest absolute Gasteiger partial charge is 0.0566 e. The monoisotopic (exact) mass is 266 g/mol. The third-order valence-electron chi connectivity index (χ3n) is 2.79. The Labute approximate surface area is 95.2 Å². The van der Waals surface area contributed by atoms with Gasteiger partial charge in [-0.3, -0.25) is 0 Å². The van der Waals surface area contributed by atoms with Crippen LogP contribution in [-0.2, 0) is 0 Å². The minimum absolute atomic E-state index is 0.700. The van der Waals surface area contributed by atoms with Crippen molar-refractivity contribution in [2.75, 3.05) is 0 Å². The Bertz CT molecular complexity index is 388. The van der Waals surface area contributed by atoms with Crippen LogP contribution in [0.5, 0.6) is 0 Å². The first-order valence-corrected chi connectivity index (χ1v) is 9.33. The molecule has 1 aliphatic rings. The minimum Gasteiger partial charge on any atom is -0.0791 e. The summed E-state index contributed by atoms with van der Waals surface area (Å²) in [5.74, 6) is 0. The number of benzene rings is 1. The number of hydrogen-bond acceptors (Lipinski definition) is 0. The average Bonchev–Trinajstić information content (AvgIpc) is 2.45. The lowest BCUT2D eigenvalue weighted by Gasteiger charge is -2.24. The molecule has 0 heterocycles. The number of allylic oxidation sites excluding steroid dienone is 1. The number of fused-ring (bicyclic) bond motifs is 1. The third kappa shape index (κ3) is 1.73. The molecule has 2 rings (SSSR count). The second-order valence-electron chi connectivity index (χ2n) is 4.98. The van der Waals surface area contributed by atoms with Crippen LogP contribution < -0.4 is 0 Å². The summed E-state index contributed by atoms with van der Waals surface area (Å²) in [5.41, 5.74) is 3.62. The van der Waals surface area contributed by atoms with Crippen molar-refractivity contribution in [1.82, 2.24) is 0 Å². The van der Waals surface area contributed by atoms with Gasteiger partial charge in [-0.15, -0.1) is 0 Å². The Balaban J connectivity index is 2.46. The van der Waals surface area contributed by atoms with Crippen molar-refractivity contribution < 1.29 is 0 Å². The average molecular weight is 267 g/mol. The van der Waals surface area contributed by atoms with Crippen LogP contribution in [0.15, 0.2) is 28.7 Å². The standard InChI is InChI=1S/C12H15BrSi/c1-14(2,3)12-7-4-9-8-10(13)5-6-11(9)12/h4-8,12H,1-3H3. The van der Waals surface area contributed by atoms with Crippen molar-refractivity contribution in [2.24, 2.45) is 0 Å². The molecule has 1 aliphatic carbocycles. The molecule has 1 atom stereocenters. The van der Waals surface area contributed by atoms with E-state index in [9.17, 15) is 0 Å². The van der Waals surface area contributed by atoms with Crippen LogP contribution in [0.2, 0.25) is 19.6 Å². The Morgan fingerprint density at radius 2 is 1.93 bits per heavy atom. The molecule has 1 unspecified atom stereocenters. The highest BCUT2D eigenvalue weighted by Gasteiger charge is 2.29. The molecule has 0 N–H and O–H groups in total. The normalized spacial score (nSPS) is 19.9. The van der Waals surface area contributed by atoms with Crippen LogP contribution in [0.4, 0.5) is 0 Å². The zero-order valence-corrected chi connectivity index (χ0v) is 11.4. The van der Waals surface area contributed by atoms with Crippen molar-refractivity contribution >= 4 is 30.1 Å². The fourth-order valence-electron chi connectivity index (χ4n) is 2.03. The van der Waals surface area contributed by atoms with Gasteiger partial charge < -0.3 is 0 Å². The van der Waals surface area contributed by atoms with Gasteiger partial charge in [0.25, 0.3) is 0 Å². The van der Waals surface area contributed by atoms with Gasteiger partial charge >= 0.3 is 0 Å². The van der Waals surface area contributed by atoms with Crippen molar-refractivity contribution in [1.29, 1.82) is 0 Å². The molecule has 2 heteroatoms. The second-order valence-corrected chi connectivity index (χ2v) is 11.2. The van der Waals surface area contributed by atoms with Crippen LogP contribution in [0.1, 0.15) is 16.7 Å². The quantitative estimate of drug-likeness (QED) is 0.660. The summed E-state index contributed by atoms with van der Waals surface area (Å²) >= 11 is 3.51. The SMILES string of the molecule is C[Si](C)(C)C1C=Cc2cc(Br)ccc21. The van der Waals surface area contributed by atoms with E-state index < -0.39 is 8.07 Å². The zero-order chi connectivity index (χ0) is 10.3. The molecule has 0 amide bonds. The number of halogens is 1. The van der Waals surface area contributed by atoms with E-state index in [1.54, 1.807) is 0 Å². The lowest BCUT2D eigenvalue weighted by molar-refractivity contribution is 1.16. The van der Waals surface area contributed by atoms with Crippen molar-refractivity contribution in [3.63, 3.8) is 0 Å². The summed E-state index contributed by atoms with van der Waals surface area (Å²) in [4.78, 5) is 0. The lowest BCUT2D eigenvalue weighted by atomic mass is 10.1. The topological polar surface area (TPSA) is 0 Å². The van der Waals surface area contributed by atoms with Gasteiger partial charge in [0.1, 0.15) is 0 Å². The van der Waals surface area contributed by atoms with E-state index in [1.807, 2.05) is 0 Å². The molecule has 1 aromatic carbocycles. The Kier molecular flexibility index (Phi) is 2.44. The van der Waals surface area contributed by atoms with Crippen LogP contribution >= 0.6 is 15.9 Å². The predicted molar refractivity (Wildman–Crippen MR) is 69.3 cm³/mol. The van der Waals surface area contributed by atoms with Gasteiger partial charge in [0.05, 0.1) is 8.07 Å². The fourth-order valence-corrected chi connectivity index (χ4v) is 4.28. The Morgan fingerprint density at radius 1 is 1.21 bits per heavy atom. The van der Waals surface area contributed by atoms with Gasteiger partial charge in [-0.2, -0.15) is 0 Å². The van der Waals surface area contributed by atoms with Crippen LogP contribution in [-0.4, -0.2) is 8.07 Å². The highest BCUT2D eigenvalue weighted by molar-refractivity contribution is 9.10. The third-order valence-corrected chi connectivity index (χ3v) is 5.65. The highest BCUT2D eigenvalue weighted by Crippen LogP contribution is 2.37. The van der Waals surface area contributed by atoms with E-state index in [2.05, 4.69) is 65.9 Å². The summed E-state index contributed by atoms with van der Waals surface area (Å²) in [5, 5.41) is 0. The van der Waals surface area contributed by atoms with Gasteiger partial charge in [-0.05, 0) is 28.8 Å². The molecule has 0 spiro atoms. The molecular formula is C12H15BrSi. The van der Waals surface area contributed by atoms with E-state index >= 15 is 0 Å².